The average molecular weight is 494 g/mol. The van der Waals surface area contributed by atoms with Crippen LogP contribution in [0.2, 0.25) is 0 Å². The third-order valence-corrected chi connectivity index (χ3v) is 6.30. The number of halogens is 3. The van der Waals surface area contributed by atoms with Crippen molar-refractivity contribution in [3.8, 4) is 33.4 Å². The Hall–Kier alpha value is -4.64. The van der Waals surface area contributed by atoms with Gasteiger partial charge in [-0.1, -0.05) is 109 Å². The van der Waals surface area contributed by atoms with Crippen LogP contribution >= 0.6 is 0 Å². The van der Waals surface area contributed by atoms with E-state index in [0.29, 0.717) is 22.3 Å². The Balaban J connectivity index is 1.92. The van der Waals surface area contributed by atoms with Gasteiger partial charge in [0.2, 0.25) is 0 Å². The number of carbonyl (C=O) groups is 1. The maximum atomic E-state index is 14.2. The van der Waals surface area contributed by atoms with E-state index in [4.69, 9.17) is 5.73 Å². The molecule has 0 heterocycles. The van der Waals surface area contributed by atoms with Crippen molar-refractivity contribution < 1.29 is 18.0 Å². The van der Waals surface area contributed by atoms with Gasteiger partial charge in [0.05, 0.1) is 16.8 Å². The number of benzene rings is 5. The minimum absolute atomic E-state index is 0.00533. The number of carbonyl (C=O) groups excluding carboxylic acids is 1. The number of anilines is 1. The molecule has 0 amide bonds. The van der Waals surface area contributed by atoms with E-state index in [1.807, 2.05) is 60.7 Å². The Morgan fingerprint density at radius 3 is 1.65 bits per heavy atom. The molecule has 0 spiro atoms. The zero-order valence-corrected chi connectivity index (χ0v) is 19.7. The molecule has 5 aromatic carbocycles. The van der Waals surface area contributed by atoms with Crippen LogP contribution in [0.4, 0.5) is 18.9 Å². The van der Waals surface area contributed by atoms with E-state index in [9.17, 15) is 18.0 Å². The van der Waals surface area contributed by atoms with Crippen LogP contribution < -0.4 is 5.73 Å². The number of hydrogen-bond donors (Lipinski definition) is 1. The maximum Gasteiger partial charge on any atom is 0.417 e. The summed E-state index contributed by atoms with van der Waals surface area (Å²) in [5.74, 6) is -0.359. The second-order valence-electron chi connectivity index (χ2n) is 8.61. The lowest BCUT2D eigenvalue weighted by Gasteiger charge is -2.23. The Bertz CT molecular complexity index is 1560. The molecule has 0 aliphatic carbocycles. The molecule has 0 aliphatic rings. The van der Waals surface area contributed by atoms with Gasteiger partial charge >= 0.3 is 6.18 Å². The highest BCUT2D eigenvalue weighted by molar-refractivity contribution is 6.19. The number of nitrogen functional groups attached to an aromatic ring is 1. The smallest absolute Gasteiger partial charge is 0.398 e. The first kappa shape index (κ1) is 24.1. The van der Waals surface area contributed by atoms with E-state index >= 15 is 0 Å². The van der Waals surface area contributed by atoms with E-state index in [1.54, 1.807) is 42.5 Å². The average Bonchev–Trinajstić information content (AvgIpc) is 2.93. The van der Waals surface area contributed by atoms with Crippen molar-refractivity contribution in [2.24, 2.45) is 0 Å². The first-order valence-corrected chi connectivity index (χ1v) is 11.7. The lowest BCUT2D eigenvalue weighted by atomic mass is 9.82. The van der Waals surface area contributed by atoms with Gasteiger partial charge < -0.3 is 5.73 Å². The van der Waals surface area contributed by atoms with Crippen molar-refractivity contribution in [1.82, 2.24) is 0 Å². The lowest BCUT2D eigenvalue weighted by Crippen LogP contribution is -2.12. The van der Waals surface area contributed by atoms with Crippen LogP contribution in [0.3, 0.4) is 0 Å². The van der Waals surface area contributed by atoms with Crippen molar-refractivity contribution in [1.29, 1.82) is 0 Å². The van der Waals surface area contributed by atoms with E-state index in [1.165, 1.54) is 12.1 Å². The third kappa shape index (κ3) is 4.64. The molecule has 5 heteroatoms. The second-order valence-corrected chi connectivity index (χ2v) is 8.61. The fourth-order valence-electron chi connectivity index (χ4n) is 4.61. The monoisotopic (exact) mass is 493 g/mol. The molecule has 0 atom stereocenters. The van der Waals surface area contributed by atoms with Crippen LogP contribution in [0.5, 0.6) is 0 Å². The van der Waals surface area contributed by atoms with Crippen molar-refractivity contribution >= 4 is 11.5 Å². The number of rotatable bonds is 5. The normalized spacial score (nSPS) is 11.3. The standard InChI is InChI=1S/C32H22F3NO/c33-32(34,35)27-19-11-10-18-24(27)28-25(21-12-4-1-5-13-21)20-26(22-14-6-2-7-15-22)29(30(28)36)31(37)23-16-8-3-9-17-23/h1-20H,36H2. The highest BCUT2D eigenvalue weighted by atomic mass is 19.4. The molecule has 2 nitrogen and oxygen atoms in total. The molecule has 0 aliphatic heterocycles. The summed E-state index contributed by atoms with van der Waals surface area (Å²) < 4.78 is 42.5. The van der Waals surface area contributed by atoms with E-state index in [2.05, 4.69) is 0 Å². The summed E-state index contributed by atoms with van der Waals surface area (Å²) in [6.07, 6.45) is -4.61. The van der Waals surface area contributed by atoms with Crippen molar-refractivity contribution in [3.05, 3.63) is 138 Å². The molecule has 182 valence electrons. The SMILES string of the molecule is Nc1c(C(=O)c2ccccc2)c(-c2ccccc2)cc(-c2ccccc2)c1-c1ccccc1C(F)(F)F. The Morgan fingerprint density at radius 2 is 1.08 bits per heavy atom. The molecule has 0 saturated carbocycles. The third-order valence-electron chi connectivity index (χ3n) is 6.30. The van der Waals surface area contributed by atoms with Gasteiger partial charge in [-0.25, -0.2) is 0 Å². The van der Waals surface area contributed by atoms with Gasteiger partial charge in [-0.2, -0.15) is 13.2 Å². The summed E-state index contributed by atoms with van der Waals surface area (Å²) >= 11 is 0. The van der Waals surface area contributed by atoms with E-state index < -0.39 is 11.7 Å². The lowest BCUT2D eigenvalue weighted by molar-refractivity contribution is -0.137. The summed E-state index contributed by atoms with van der Waals surface area (Å²) in [5.41, 5.74) is 9.11. The fraction of sp³-hybridized carbons (Fsp3) is 0.0312. The van der Waals surface area contributed by atoms with Crippen LogP contribution in [0.15, 0.2) is 121 Å². The zero-order valence-electron chi connectivity index (χ0n) is 19.7. The molecular weight excluding hydrogens is 471 g/mol. The van der Waals surface area contributed by atoms with Gasteiger partial charge in [0.25, 0.3) is 0 Å². The molecule has 0 fully saturated rings. The van der Waals surface area contributed by atoms with Crippen LogP contribution in [0, 0.1) is 0 Å². The minimum atomic E-state index is -4.61. The minimum Gasteiger partial charge on any atom is -0.398 e. The highest BCUT2D eigenvalue weighted by Gasteiger charge is 2.35. The molecule has 37 heavy (non-hydrogen) atoms. The summed E-state index contributed by atoms with van der Waals surface area (Å²) in [4.78, 5) is 13.9. The molecule has 2 N–H and O–H groups in total. The predicted molar refractivity (Wildman–Crippen MR) is 142 cm³/mol. The van der Waals surface area contributed by atoms with Gasteiger partial charge in [0.1, 0.15) is 0 Å². The number of alkyl halides is 3. The largest absolute Gasteiger partial charge is 0.417 e. The molecular formula is C32H22F3NO. The number of hydrogen-bond acceptors (Lipinski definition) is 2. The molecule has 5 aromatic rings. The van der Waals surface area contributed by atoms with Gasteiger partial charge in [-0.05, 0) is 39.9 Å². The highest BCUT2D eigenvalue weighted by Crippen LogP contribution is 2.47. The topological polar surface area (TPSA) is 43.1 Å². The molecule has 0 saturated heterocycles. The summed E-state index contributed by atoms with van der Waals surface area (Å²) in [7, 11) is 0. The first-order chi connectivity index (χ1) is 17.9. The van der Waals surface area contributed by atoms with Gasteiger partial charge in [-0.15, -0.1) is 0 Å². The summed E-state index contributed by atoms with van der Waals surface area (Å²) in [5, 5.41) is 0. The molecule has 0 bridgehead atoms. The Labute approximate surface area is 212 Å². The van der Waals surface area contributed by atoms with Crippen LogP contribution in [0.25, 0.3) is 33.4 Å². The predicted octanol–water partition coefficient (Wildman–Crippen LogP) is 8.52. The first-order valence-electron chi connectivity index (χ1n) is 11.7. The molecule has 0 aromatic heterocycles. The van der Waals surface area contributed by atoms with Crippen LogP contribution in [0.1, 0.15) is 21.5 Å². The Kier molecular flexibility index (Phi) is 6.36. The quantitative estimate of drug-likeness (QED) is 0.197. The zero-order chi connectivity index (χ0) is 26.0. The Morgan fingerprint density at radius 1 is 0.595 bits per heavy atom. The van der Waals surface area contributed by atoms with Crippen LogP contribution in [-0.4, -0.2) is 5.78 Å². The van der Waals surface area contributed by atoms with Crippen molar-refractivity contribution in [3.63, 3.8) is 0 Å². The van der Waals surface area contributed by atoms with Gasteiger partial charge in [0.15, 0.2) is 5.78 Å². The molecule has 0 radical (unpaired) electrons. The van der Waals surface area contributed by atoms with E-state index in [0.717, 1.165) is 11.6 Å². The number of ketones is 1. The fourth-order valence-corrected chi connectivity index (χ4v) is 4.61. The molecule has 0 unspecified atom stereocenters. The molecule has 5 rings (SSSR count). The summed E-state index contributed by atoms with van der Waals surface area (Å²) in [6, 6.07) is 34.1. The second kappa shape index (κ2) is 9.78. The van der Waals surface area contributed by atoms with Gasteiger partial charge in [-0.3, -0.25) is 4.79 Å². The summed E-state index contributed by atoms with van der Waals surface area (Å²) in [6.45, 7) is 0. The number of nitrogens with two attached hydrogens (primary N) is 1. The van der Waals surface area contributed by atoms with Crippen molar-refractivity contribution in [2.45, 2.75) is 6.18 Å². The van der Waals surface area contributed by atoms with E-state index in [-0.39, 0.29) is 28.2 Å². The van der Waals surface area contributed by atoms with Crippen LogP contribution in [-0.2, 0) is 6.18 Å². The van der Waals surface area contributed by atoms with Gasteiger partial charge in [0, 0.05) is 11.1 Å². The van der Waals surface area contributed by atoms with Crippen molar-refractivity contribution in [2.75, 3.05) is 5.73 Å². The maximum absolute atomic E-state index is 14.2.